The fourth-order valence-corrected chi connectivity index (χ4v) is 1.52. The minimum absolute atomic E-state index is 0.408. The van der Waals surface area contributed by atoms with Gasteiger partial charge in [0.1, 0.15) is 0 Å². The Kier molecular flexibility index (Phi) is 3.78. The second-order valence-corrected chi connectivity index (χ2v) is 5.21. The fraction of sp³-hybridized carbons (Fsp3) is 0.778. The van der Waals surface area contributed by atoms with Gasteiger partial charge in [-0.3, -0.25) is 0 Å². The molecule has 0 saturated heterocycles. The molecule has 74 valence electrons. The van der Waals surface area contributed by atoms with E-state index in [9.17, 15) is 0 Å². The third-order valence-corrected chi connectivity index (χ3v) is 2.78. The lowest BCUT2D eigenvalue weighted by molar-refractivity contribution is 0.514. The van der Waals surface area contributed by atoms with Crippen molar-refractivity contribution in [1.82, 2.24) is 15.0 Å². The van der Waals surface area contributed by atoms with Gasteiger partial charge in [-0.1, -0.05) is 19.1 Å². The van der Waals surface area contributed by atoms with Gasteiger partial charge in [0.15, 0.2) is 0 Å². The Labute approximate surface area is 83.9 Å². The summed E-state index contributed by atoms with van der Waals surface area (Å²) in [4.78, 5) is 0. The summed E-state index contributed by atoms with van der Waals surface area (Å²) < 4.78 is 1.90. The molecule has 1 heterocycles. The highest BCUT2D eigenvalue weighted by Gasteiger charge is 2.04. The first-order valence-corrected chi connectivity index (χ1v) is 5.66. The summed E-state index contributed by atoms with van der Waals surface area (Å²) in [5.74, 6) is 0.963. The maximum atomic E-state index is 4.10. The van der Waals surface area contributed by atoms with Gasteiger partial charge in [0.25, 0.3) is 0 Å². The molecule has 1 rings (SSSR count). The van der Waals surface area contributed by atoms with Crippen LogP contribution in [-0.2, 0) is 5.75 Å². The molecule has 0 atom stereocenters. The molecule has 0 aliphatic heterocycles. The van der Waals surface area contributed by atoms with Crippen LogP contribution in [-0.4, -0.2) is 20.2 Å². The summed E-state index contributed by atoms with van der Waals surface area (Å²) in [6, 6.07) is 0.408. The largest absolute Gasteiger partial charge is 0.250 e. The van der Waals surface area contributed by atoms with Crippen molar-refractivity contribution < 1.29 is 0 Å². The van der Waals surface area contributed by atoms with Crippen LogP contribution in [0.4, 0.5) is 0 Å². The van der Waals surface area contributed by atoms with E-state index in [0.717, 1.165) is 11.4 Å². The van der Waals surface area contributed by atoms with Gasteiger partial charge in [0.05, 0.1) is 5.69 Å². The van der Waals surface area contributed by atoms with E-state index >= 15 is 0 Å². The molecule has 0 aliphatic carbocycles. The highest BCUT2D eigenvalue weighted by molar-refractivity contribution is 7.99. The van der Waals surface area contributed by atoms with E-state index in [4.69, 9.17) is 0 Å². The first-order valence-electron chi connectivity index (χ1n) is 4.62. The van der Waals surface area contributed by atoms with Crippen LogP contribution in [0.5, 0.6) is 0 Å². The first kappa shape index (κ1) is 10.6. The molecular formula is C9H17N3S. The predicted molar refractivity (Wildman–Crippen MR) is 56.8 cm³/mol. The SMILES string of the molecule is CC(C)SCc1cn(C(C)C)nn1. The van der Waals surface area contributed by atoms with Crippen molar-refractivity contribution >= 4 is 11.8 Å². The van der Waals surface area contributed by atoms with Crippen LogP contribution in [0.15, 0.2) is 6.20 Å². The smallest absolute Gasteiger partial charge is 0.0926 e. The molecule has 0 saturated carbocycles. The number of thioether (sulfide) groups is 1. The molecule has 0 N–H and O–H groups in total. The lowest BCUT2D eigenvalue weighted by Gasteiger charge is -2.02. The molecule has 0 aromatic carbocycles. The lowest BCUT2D eigenvalue weighted by Crippen LogP contribution is -2.00. The second-order valence-electron chi connectivity index (χ2n) is 3.64. The van der Waals surface area contributed by atoms with Gasteiger partial charge >= 0.3 is 0 Å². The molecule has 0 spiro atoms. The van der Waals surface area contributed by atoms with Crippen LogP contribution in [0, 0.1) is 0 Å². The third-order valence-electron chi connectivity index (χ3n) is 1.65. The predicted octanol–water partition coefficient (Wildman–Crippen LogP) is 2.50. The van der Waals surface area contributed by atoms with Crippen molar-refractivity contribution in [2.45, 2.75) is 44.7 Å². The van der Waals surface area contributed by atoms with Gasteiger partial charge in [0.2, 0.25) is 0 Å². The van der Waals surface area contributed by atoms with E-state index in [1.807, 2.05) is 22.6 Å². The third kappa shape index (κ3) is 3.38. The van der Waals surface area contributed by atoms with Crippen LogP contribution in [0.3, 0.4) is 0 Å². The summed E-state index contributed by atoms with van der Waals surface area (Å²) in [5, 5.41) is 8.81. The van der Waals surface area contributed by atoms with E-state index in [-0.39, 0.29) is 0 Å². The molecular weight excluding hydrogens is 182 g/mol. The minimum Gasteiger partial charge on any atom is -0.250 e. The van der Waals surface area contributed by atoms with Gasteiger partial charge in [-0.05, 0) is 19.1 Å². The second kappa shape index (κ2) is 4.65. The Morgan fingerprint density at radius 2 is 2.08 bits per heavy atom. The number of hydrogen-bond acceptors (Lipinski definition) is 3. The zero-order chi connectivity index (χ0) is 9.84. The standard InChI is InChI=1S/C9H17N3S/c1-7(2)12-5-9(10-11-12)6-13-8(3)4/h5,7-8H,6H2,1-4H3. The molecule has 0 fully saturated rings. The minimum atomic E-state index is 0.408. The molecule has 3 nitrogen and oxygen atoms in total. The van der Waals surface area contributed by atoms with Gasteiger partial charge in [-0.15, -0.1) is 5.10 Å². The Bertz CT molecular complexity index is 255. The highest BCUT2D eigenvalue weighted by Crippen LogP contribution is 2.15. The number of hydrogen-bond donors (Lipinski definition) is 0. The molecule has 0 amide bonds. The highest BCUT2D eigenvalue weighted by atomic mass is 32.2. The summed E-state index contributed by atoms with van der Waals surface area (Å²) in [5.41, 5.74) is 1.08. The Morgan fingerprint density at radius 1 is 1.38 bits per heavy atom. The van der Waals surface area contributed by atoms with Crippen LogP contribution in [0.2, 0.25) is 0 Å². The maximum absolute atomic E-state index is 4.10. The van der Waals surface area contributed by atoms with Crippen molar-refractivity contribution in [2.75, 3.05) is 0 Å². The quantitative estimate of drug-likeness (QED) is 0.746. The Balaban J connectivity index is 2.49. The molecule has 0 unspecified atom stereocenters. The van der Waals surface area contributed by atoms with Gasteiger partial charge in [-0.2, -0.15) is 11.8 Å². The van der Waals surface area contributed by atoms with Crippen molar-refractivity contribution in [3.8, 4) is 0 Å². The monoisotopic (exact) mass is 199 g/mol. The zero-order valence-electron chi connectivity index (χ0n) is 8.69. The fourth-order valence-electron chi connectivity index (χ4n) is 0.884. The number of nitrogens with zero attached hydrogens (tertiary/aromatic N) is 3. The summed E-state index contributed by atoms with van der Waals surface area (Å²) in [7, 11) is 0. The normalized spacial score (nSPS) is 11.5. The van der Waals surface area contributed by atoms with Crippen LogP contribution >= 0.6 is 11.8 Å². The summed E-state index contributed by atoms with van der Waals surface area (Å²) in [6.07, 6.45) is 2.03. The average molecular weight is 199 g/mol. The Morgan fingerprint density at radius 3 is 2.54 bits per heavy atom. The van der Waals surface area contributed by atoms with Crippen molar-refractivity contribution in [2.24, 2.45) is 0 Å². The van der Waals surface area contributed by atoms with Crippen LogP contribution < -0.4 is 0 Å². The van der Waals surface area contributed by atoms with Crippen molar-refractivity contribution in [1.29, 1.82) is 0 Å². The maximum Gasteiger partial charge on any atom is 0.0926 e. The molecule has 0 aliphatic rings. The number of rotatable bonds is 4. The van der Waals surface area contributed by atoms with Crippen LogP contribution in [0.1, 0.15) is 39.4 Å². The zero-order valence-corrected chi connectivity index (χ0v) is 9.51. The first-order chi connectivity index (χ1) is 6.09. The molecule has 1 aromatic heterocycles. The van der Waals surface area contributed by atoms with Gasteiger partial charge in [0, 0.05) is 18.0 Å². The van der Waals surface area contributed by atoms with Crippen molar-refractivity contribution in [3.05, 3.63) is 11.9 Å². The molecule has 0 bridgehead atoms. The van der Waals surface area contributed by atoms with E-state index in [1.54, 1.807) is 0 Å². The van der Waals surface area contributed by atoms with E-state index in [0.29, 0.717) is 11.3 Å². The summed E-state index contributed by atoms with van der Waals surface area (Å²) >= 11 is 1.89. The van der Waals surface area contributed by atoms with E-state index in [1.165, 1.54) is 0 Å². The van der Waals surface area contributed by atoms with E-state index < -0.39 is 0 Å². The van der Waals surface area contributed by atoms with Crippen molar-refractivity contribution in [3.63, 3.8) is 0 Å². The lowest BCUT2D eigenvalue weighted by atomic mass is 10.4. The topological polar surface area (TPSA) is 30.7 Å². The molecule has 1 aromatic rings. The molecule has 0 radical (unpaired) electrons. The van der Waals surface area contributed by atoms with Gasteiger partial charge in [-0.25, -0.2) is 4.68 Å². The molecule has 4 heteroatoms. The Hall–Kier alpha value is -0.510. The van der Waals surface area contributed by atoms with Crippen LogP contribution in [0.25, 0.3) is 0 Å². The summed E-state index contributed by atoms with van der Waals surface area (Å²) in [6.45, 7) is 8.59. The van der Waals surface area contributed by atoms with Gasteiger partial charge < -0.3 is 0 Å². The average Bonchev–Trinajstić information content (AvgIpc) is 2.48. The van der Waals surface area contributed by atoms with E-state index in [2.05, 4.69) is 38.0 Å². The molecule has 13 heavy (non-hydrogen) atoms. The number of aromatic nitrogens is 3.